The Bertz CT molecular complexity index is 1290. The molecule has 0 aliphatic rings. The molecular weight excluding hydrogens is 413 g/mol. The van der Waals surface area contributed by atoms with E-state index in [0.717, 1.165) is 38.9 Å². The van der Waals surface area contributed by atoms with E-state index in [1.165, 1.54) is 22.9 Å². The van der Waals surface area contributed by atoms with E-state index in [1.807, 2.05) is 18.2 Å². The van der Waals surface area contributed by atoms with Crippen molar-refractivity contribution in [3.63, 3.8) is 0 Å². The molecule has 0 aliphatic carbocycles. The standard InChI is InChI=1S/C21H17F3N4O3/c1-25-16-3-2-4-17-19(16)13(9-10-26-17)11-27-12-18(29)28(20(27)30)14-5-7-15(8-6-14)31-21(22,23)24/h2-10,12,25,29H,11H2,1H3. The highest BCUT2D eigenvalue weighted by molar-refractivity contribution is 5.94. The predicted octanol–water partition coefficient (Wildman–Crippen LogP) is 3.88. The Morgan fingerprint density at radius 1 is 1.13 bits per heavy atom. The van der Waals surface area contributed by atoms with Gasteiger partial charge in [-0.3, -0.25) is 9.55 Å². The van der Waals surface area contributed by atoms with Crippen molar-refractivity contribution in [3.05, 3.63) is 77.0 Å². The normalized spacial score (nSPS) is 11.6. The first kappa shape index (κ1) is 20.3. The van der Waals surface area contributed by atoms with E-state index in [2.05, 4.69) is 15.0 Å². The summed E-state index contributed by atoms with van der Waals surface area (Å²) in [5.74, 6) is -0.771. The number of nitrogens with zero attached hydrogens (tertiary/aromatic N) is 3. The maximum absolute atomic E-state index is 12.9. The van der Waals surface area contributed by atoms with Crippen molar-refractivity contribution in [2.75, 3.05) is 12.4 Å². The maximum Gasteiger partial charge on any atom is 0.573 e. The molecule has 160 valence electrons. The van der Waals surface area contributed by atoms with Gasteiger partial charge < -0.3 is 15.2 Å². The summed E-state index contributed by atoms with van der Waals surface area (Å²) in [6, 6.07) is 12.1. The van der Waals surface area contributed by atoms with Crippen LogP contribution < -0.4 is 15.7 Å². The van der Waals surface area contributed by atoms with Crippen LogP contribution in [0.2, 0.25) is 0 Å². The summed E-state index contributed by atoms with van der Waals surface area (Å²) in [5, 5.41) is 14.3. The van der Waals surface area contributed by atoms with Gasteiger partial charge in [0.25, 0.3) is 0 Å². The van der Waals surface area contributed by atoms with Gasteiger partial charge >= 0.3 is 12.1 Å². The number of alkyl halides is 3. The number of ether oxygens (including phenoxy) is 1. The molecule has 2 aromatic carbocycles. The first-order valence-electron chi connectivity index (χ1n) is 9.18. The molecule has 0 atom stereocenters. The number of pyridine rings is 1. The van der Waals surface area contributed by atoms with Crippen LogP contribution in [0.4, 0.5) is 18.9 Å². The lowest BCUT2D eigenvalue weighted by Crippen LogP contribution is -2.23. The maximum atomic E-state index is 12.9. The Morgan fingerprint density at radius 3 is 2.55 bits per heavy atom. The van der Waals surface area contributed by atoms with Crippen LogP contribution in [-0.4, -0.2) is 32.6 Å². The second-order valence-electron chi connectivity index (χ2n) is 6.69. The number of aromatic hydroxyl groups is 1. The number of benzene rings is 2. The van der Waals surface area contributed by atoms with E-state index in [0.29, 0.717) is 0 Å². The lowest BCUT2D eigenvalue weighted by atomic mass is 10.1. The van der Waals surface area contributed by atoms with E-state index in [9.17, 15) is 23.1 Å². The summed E-state index contributed by atoms with van der Waals surface area (Å²) in [7, 11) is 1.78. The second-order valence-corrected chi connectivity index (χ2v) is 6.69. The molecule has 2 heterocycles. The van der Waals surface area contributed by atoms with Crippen LogP contribution in [-0.2, 0) is 6.54 Å². The van der Waals surface area contributed by atoms with Crippen molar-refractivity contribution in [1.82, 2.24) is 14.1 Å². The van der Waals surface area contributed by atoms with Crippen molar-refractivity contribution >= 4 is 16.6 Å². The summed E-state index contributed by atoms with van der Waals surface area (Å²) in [5.41, 5.74) is 2.06. The second kappa shape index (κ2) is 7.71. The predicted molar refractivity (Wildman–Crippen MR) is 109 cm³/mol. The van der Waals surface area contributed by atoms with Gasteiger partial charge in [-0.15, -0.1) is 13.2 Å². The minimum Gasteiger partial charge on any atom is -0.493 e. The van der Waals surface area contributed by atoms with Crippen LogP contribution in [0.25, 0.3) is 16.6 Å². The molecule has 4 rings (SSSR count). The SMILES string of the molecule is CNc1cccc2nccc(Cn3cc(O)n(-c4ccc(OC(F)(F)F)cc4)c3=O)c12. The van der Waals surface area contributed by atoms with Gasteiger partial charge in [0.05, 0.1) is 23.9 Å². The van der Waals surface area contributed by atoms with E-state index in [4.69, 9.17) is 0 Å². The molecule has 2 aromatic heterocycles. The molecule has 0 aliphatic heterocycles. The number of rotatable bonds is 5. The number of anilines is 1. The third-order valence-electron chi connectivity index (χ3n) is 4.73. The molecule has 10 heteroatoms. The Hall–Kier alpha value is -3.95. The van der Waals surface area contributed by atoms with Crippen LogP contribution in [0.5, 0.6) is 11.6 Å². The summed E-state index contributed by atoms with van der Waals surface area (Å²) in [6.45, 7) is 0.159. The van der Waals surface area contributed by atoms with Crippen LogP contribution >= 0.6 is 0 Å². The van der Waals surface area contributed by atoms with Gasteiger partial charge in [0.15, 0.2) is 0 Å². The van der Waals surface area contributed by atoms with Gasteiger partial charge in [-0.2, -0.15) is 0 Å². The molecule has 4 aromatic rings. The van der Waals surface area contributed by atoms with Crippen LogP contribution in [0.15, 0.2) is 65.7 Å². The Balaban J connectivity index is 1.70. The number of imidazole rings is 1. The summed E-state index contributed by atoms with van der Waals surface area (Å²) in [6.07, 6.45) is -1.90. The van der Waals surface area contributed by atoms with Gasteiger partial charge in [-0.25, -0.2) is 9.36 Å². The Labute approximate surface area is 174 Å². The van der Waals surface area contributed by atoms with Crippen LogP contribution in [0.1, 0.15) is 5.56 Å². The van der Waals surface area contributed by atoms with Crippen molar-refractivity contribution < 1.29 is 23.0 Å². The minimum absolute atomic E-state index is 0.159. The zero-order valence-corrected chi connectivity index (χ0v) is 16.2. The van der Waals surface area contributed by atoms with E-state index in [-0.39, 0.29) is 18.1 Å². The first-order valence-corrected chi connectivity index (χ1v) is 9.18. The van der Waals surface area contributed by atoms with Gasteiger partial charge in [0.2, 0.25) is 5.88 Å². The summed E-state index contributed by atoms with van der Waals surface area (Å²) < 4.78 is 43.2. The fraction of sp³-hybridized carbons (Fsp3) is 0.143. The fourth-order valence-corrected chi connectivity index (χ4v) is 3.43. The topological polar surface area (TPSA) is 81.3 Å². The fourth-order valence-electron chi connectivity index (χ4n) is 3.43. The molecule has 0 radical (unpaired) electrons. The number of halogens is 3. The highest BCUT2D eigenvalue weighted by atomic mass is 19.4. The van der Waals surface area contributed by atoms with Crippen molar-refractivity contribution in [1.29, 1.82) is 0 Å². The third-order valence-corrected chi connectivity index (χ3v) is 4.73. The highest BCUT2D eigenvalue weighted by Gasteiger charge is 2.31. The first-order chi connectivity index (χ1) is 14.8. The number of aromatic nitrogens is 3. The largest absolute Gasteiger partial charge is 0.573 e. The van der Waals surface area contributed by atoms with E-state index >= 15 is 0 Å². The molecule has 0 saturated carbocycles. The molecular formula is C21H17F3N4O3. The van der Waals surface area contributed by atoms with Gasteiger partial charge in [-0.1, -0.05) is 6.07 Å². The molecule has 2 N–H and O–H groups in total. The monoisotopic (exact) mass is 430 g/mol. The minimum atomic E-state index is -4.82. The van der Waals surface area contributed by atoms with Gasteiger partial charge in [0.1, 0.15) is 5.75 Å². The molecule has 0 unspecified atom stereocenters. The third kappa shape index (κ3) is 4.04. The Morgan fingerprint density at radius 2 is 1.87 bits per heavy atom. The van der Waals surface area contributed by atoms with Gasteiger partial charge in [0, 0.05) is 24.3 Å². The number of nitrogens with one attached hydrogen (secondary N) is 1. The molecule has 31 heavy (non-hydrogen) atoms. The molecule has 0 saturated heterocycles. The average Bonchev–Trinajstić information content (AvgIpc) is 3.00. The van der Waals surface area contributed by atoms with Crippen molar-refractivity contribution in [3.8, 4) is 17.3 Å². The molecule has 0 amide bonds. The smallest absolute Gasteiger partial charge is 0.493 e. The van der Waals surface area contributed by atoms with E-state index in [1.54, 1.807) is 19.3 Å². The van der Waals surface area contributed by atoms with Crippen molar-refractivity contribution in [2.24, 2.45) is 0 Å². The quantitative estimate of drug-likeness (QED) is 0.502. The highest BCUT2D eigenvalue weighted by Crippen LogP contribution is 2.27. The van der Waals surface area contributed by atoms with Crippen LogP contribution in [0.3, 0.4) is 0 Å². The van der Waals surface area contributed by atoms with Crippen molar-refractivity contribution in [2.45, 2.75) is 12.9 Å². The molecule has 7 nitrogen and oxygen atoms in total. The zero-order chi connectivity index (χ0) is 22.2. The van der Waals surface area contributed by atoms with E-state index < -0.39 is 17.8 Å². The number of fused-ring (bicyclic) bond motifs is 1. The van der Waals surface area contributed by atoms with Gasteiger partial charge in [-0.05, 0) is 48.0 Å². The molecule has 0 bridgehead atoms. The molecule has 0 spiro atoms. The lowest BCUT2D eigenvalue weighted by molar-refractivity contribution is -0.274. The lowest BCUT2D eigenvalue weighted by Gasteiger charge is -2.11. The Kier molecular flexibility index (Phi) is 5.05. The average molecular weight is 430 g/mol. The summed E-state index contributed by atoms with van der Waals surface area (Å²) >= 11 is 0. The number of hydrogen-bond acceptors (Lipinski definition) is 5. The molecule has 0 fully saturated rings. The summed E-state index contributed by atoms with van der Waals surface area (Å²) in [4.78, 5) is 17.3. The zero-order valence-electron chi connectivity index (χ0n) is 16.2. The number of hydrogen-bond donors (Lipinski definition) is 2. The van der Waals surface area contributed by atoms with Crippen LogP contribution in [0, 0.1) is 0 Å².